The molecule has 0 fully saturated rings. The van der Waals surface area contributed by atoms with Gasteiger partial charge in [0.2, 0.25) is 5.28 Å². The van der Waals surface area contributed by atoms with Crippen LogP contribution in [0.4, 0.5) is 0 Å². The van der Waals surface area contributed by atoms with Gasteiger partial charge in [-0.25, -0.2) is 4.68 Å². The van der Waals surface area contributed by atoms with Gasteiger partial charge in [-0.1, -0.05) is 18.2 Å². The molecule has 106 valence electrons. The summed E-state index contributed by atoms with van der Waals surface area (Å²) >= 11 is 5.73. The fourth-order valence-corrected chi connectivity index (χ4v) is 1.68. The first-order valence-electron chi connectivity index (χ1n) is 5.85. The van der Waals surface area contributed by atoms with Gasteiger partial charge < -0.3 is 9.47 Å². The molecule has 0 saturated carbocycles. The van der Waals surface area contributed by atoms with Crippen molar-refractivity contribution >= 4 is 11.6 Å². The fourth-order valence-electron chi connectivity index (χ4n) is 1.53. The maximum Gasteiger partial charge on any atom is 0.343 e. The first-order valence-corrected chi connectivity index (χ1v) is 6.23. The van der Waals surface area contributed by atoms with E-state index in [1.54, 1.807) is 4.68 Å². The Morgan fingerprint density at radius 2 is 1.76 bits per heavy atom. The zero-order valence-corrected chi connectivity index (χ0v) is 11.6. The molecule has 0 amide bonds. The lowest BCUT2D eigenvalue weighted by atomic mass is 10.3. The maximum absolute atomic E-state index is 5.73. The Labute approximate surface area is 124 Å². The van der Waals surface area contributed by atoms with Gasteiger partial charge in [0, 0.05) is 0 Å². The van der Waals surface area contributed by atoms with Crippen LogP contribution in [-0.2, 0) is 0 Å². The molecule has 0 N–H and O–H groups in total. The van der Waals surface area contributed by atoms with Crippen molar-refractivity contribution in [3.8, 4) is 23.7 Å². The Hall–Kier alpha value is -2.74. The minimum Gasteiger partial charge on any atom is -0.467 e. The zero-order valence-electron chi connectivity index (χ0n) is 10.8. The molecular formula is C12H9ClN6O2. The van der Waals surface area contributed by atoms with Gasteiger partial charge in [0.05, 0.1) is 12.8 Å². The minimum atomic E-state index is -0.0438. The van der Waals surface area contributed by atoms with Gasteiger partial charge in [0.15, 0.2) is 0 Å². The smallest absolute Gasteiger partial charge is 0.343 e. The lowest BCUT2D eigenvalue weighted by Crippen LogP contribution is -2.00. The third-order valence-electron chi connectivity index (χ3n) is 2.42. The monoisotopic (exact) mass is 304 g/mol. The highest BCUT2D eigenvalue weighted by Gasteiger charge is 2.10. The van der Waals surface area contributed by atoms with Crippen molar-refractivity contribution in [3.63, 3.8) is 0 Å². The number of methoxy groups -OCH3 is 1. The quantitative estimate of drug-likeness (QED) is 0.727. The molecule has 2 heterocycles. The summed E-state index contributed by atoms with van der Waals surface area (Å²) < 4.78 is 11.8. The molecule has 21 heavy (non-hydrogen) atoms. The Bertz CT molecular complexity index is 749. The molecule has 0 radical (unpaired) electrons. The number of hydrogen-bond acceptors (Lipinski definition) is 7. The van der Waals surface area contributed by atoms with Crippen LogP contribution in [0.3, 0.4) is 0 Å². The second-order valence-corrected chi connectivity index (χ2v) is 4.12. The van der Waals surface area contributed by atoms with E-state index < -0.39 is 0 Å². The summed E-state index contributed by atoms with van der Waals surface area (Å²) in [4.78, 5) is 15.5. The molecule has 0 unspecified atom stereocenters. The van der Waals surface area contributed by atoms with Crippen LogP contribution in [0.15, 0.2) is 36.7 Å². The number of aromatic nitrogens is 6. The predicted octanol–water partition coefficient (Wildman–Crippen LogP) is 1.91. The number of para-hydroxylation sites is 1. The van der Waals surface area contributed by atoms with Crippen LogP contribution in [0.5, 0.6) is 18.0 Å². The highest BCUT2D eigenvalue weighted by molar-refractivity contribution is 6.28. The molecule has 3 aromatic rings. The third kappa shape index (κ3) is 3.06. The molecule has 1 aromatic carbocycles. The molecular weight excluding hydrogens is 296 g/mol. The zero-order chi connectivity index (χ0) is 14.7. The van der Waals surface area contributed by atoms with Crippen LogP contribution in [0, 0.1) is 0 Å². The molecule has 3 rings (SSSR count). The number of ether oxygens (including phenoxy) is 2. The van der Waals surface area contributed by atoms with E-state index in [0.29, 0.717) is 0 Å². The fraction of sp³-hybridized carbons (Fsp3) is 0.0833. The summed E-state index contributed by atoms with van der Waals surface area (Å²) in [6, 6.07) is 9.58. The van der Waals surface area contributed by atoms with Gasteiger partial charge in [-0.2, -0.15) is 15.0 Å². The summed E-state index contributed by atoms with van der Waals surface area (Å²) in [6.45, 7) is 0. The van der Waals surface area contributed by atoms with E-state index >= 15 is 0 Å². The number of benzene rings is 1. The molecule has 9 heteroatoms. The lowest BCUT2D eigenvalue weighted by Gasteiger charge is -2.01. The molecule has 0 saturated heterocycles. The van der Waals surface area contributed by atoms with Crippen molar-refractivity contribution < 1.29 is 9.47 Å². The highest BCUT2D eigenvalue weighted by Crippen LogP contribution is 2.17. The summed E-state index contributed by atoms with van der Waals surface area (Å²) in [7, 11) is 1.41. The average Bonchev–Trinajstić information content (AvgIpc) is 2.96. The number of halogens is 1. The number of rotatable bonds is 4. The maximum atomic E-state index is 5.73. The number of hydrogen-bond donors (Lipinski definition) is 0. The summed E-state index contributed by atoms with van der Waals surface area (Å²) in [5.74, 6) is 0. The Balaban J connectivity index is 1.83. The van der Waals surface area contributed by atoms with Crippen molar-refractivity contribution in [1.29, 1.82) is 0 Å². The van der Waals surface area contributed by atoms with E-state index in [2.05, 4.69) is 25.0 Å². The van der Waals surface area contributed by atoms with Crippen molar-refractivity contribution in [2.45, 2.75) is 0 Å². The summed E-state index contributed by atoms with van der Waals surface area (Å²) in [5, 5.41) is 4.12. The minimum absolute atomic E-state index is 0.0423. The van der Waals surface area contributed by atoms with E-state index in [1.807, 2.05) is 30.3 Å². The molecule has 0 aliphatic heterocycles. The largest absolute Gasteiger partial charge is 0.467 e. The van der Waals surface area contributed by atoms with E-state index in [4.69, 9.17) is 21.1 Å². The normalized spacial score (nSPS) is 10.4. The van der Waals surface area contributed by atoms with E-state index in [-0.39, 0.29) is 23.3 Å². The van der Waals surface area contributed by atoms with Gasteiger partial charge in [-0.15, -0.1) is 10.1 Å². The predicted molar refractivity (Wildman–Crippen MR) is 72.8 cm³/mol. The SMILES string of the molecule is COc1nc(Cl)nc(Oc2ncn(-c3ccccc3)n2)n1. The van der Waals surface area contributed by atoms with Gasteiger partial charge in [-0.05, 0) is 23.7 Å². The standard InChI is InChI=1S/C12H9ClN6O2/c1-20-11-15-9(13)16-12(17-11)21-10-14-7-19(18-10)8-5-3-2-4-6-8/h2-7H,1H3. The Kier molecular flexibility index (Phi) is 3.61. The summed E-state index contributed by atoms with van der Waals surface area (Å²) in [5.41, 5.74) is 0.853. The van der Waals surface area contributed by atoms with Crippen LogP contribution in [0.2, 0.25) is 5.28 Å². The van der Waals surface area contributed by atoms with Gasteiger partial charge >= 0.3 is 18.0 Å². The summed E-state index contributed by atoms with van der Waals surface area (Å²) in [6.07, 6.45) is 1.52. The van der Waals surface area contributed by atoms with Crippen LogP contribution in [-0.4, -0.2) is 36.8 Å². The van der Waals surface area contributed by atoms with Crippen molar-refractivity contribution in [2.24, 2.45) is 0 Å². The van der Waals surface area contributed by atoms with Crippen LogP contribution < -0.4 is 9.47 Å². The van der Waals surface area contributed by atoms with Crippen LogP contribution in [0.1, 0.15) is 0 Å². The molecule has 2 aromatic heterocycles. The van der Waals surface area contributed by atoms with Gasteiger partial charge in [0.25, 0.3) is 0 Å². The second-order valence-electron chi connectivity index (χ2n) is 3.78. The van der Waals surface area contributed by atoms with Crippen LogP contribution >= 0.6 is 11.6 Å². The van der Waals surface area contributed by atoms with Crippen molar-refractivity contribution in [2.75, 3.05) is 7.11 Å². The molecule has 0 bridgehead atoms. The Morgan fingerprint density at radius 1 is 1.00 bits per heavy atom. The first-order chi connectivity index (χ1) is 10.2. The average molecular weight is 305 g/mol. The van der Waals surface area contributed by atoms with E-state index in [1.165, 1.54) is 13.4 Å². The third-order valence-corrected chi connectivity index (χ3v) is 2.59. The van der Waals surface area contributed by atoms with E-state index in [0.717, 1.165) is 5.69 Å². The van der Waals surface area contributed by atoms with Crippen molar-refractivity contribution in [1.82, 2.24) is 29.7 Å². The lowest BCUT2D eigenvalue weighted by molar-refractivity contribution is 0.351. The van der Waals surface area contributed by atoms with Gasteiger partial charge in [-0.3, -0.25) is 0 Å². The topological polar surface area (TPSA) is 87.8 Å². The molecule has 0 spiro atoms. The Morgan fingerprint density at radius 3 is 2.52 bits per heavy atom. The van der Waals surface area contributed by atoms with E-state index in [9.17, 15) is 0 Å². The number of nitrogens with zero attached hydrogens (tertiary/aromatic N) is 6. The molecule has 0 aliphatic rings. The van der Waals surface area contributed by atoms with Crippen LogP contribution in [0.25, 0.3) is 5.69 Å². The molecule has 0 aliphatic carbocycles. The second kappa shape index (κ2) is 5.71. The van der Waals surface area contributed by atoms with Crippen molar-refractivity contribution in [3.05, 3.63) is 41.9 Å². The molecule has 0 atom stereocenters. The highest BCUT2D eigenvalue weighted by atomic mass is 35.5. The molecule has 8 nitrogen and oxygen atoms in total. The van der Waals surface area contributed by atoms with Gasteiger partial charge in [0.1, 0.15) is 6.33 Å². The first kappa shape index (κ1) is 13.3.